The van der Waals surface area contributed by atoms with Crippen molar-refractivity contribution in [3.63, 3.8) is 0 Å². The zero-order chi connectivity index (χ0) is 22.5. The Labute approximate surface area is 191 Å². The predicted octanol–water partition coefficient (Wildman–Crippen LogP) is 7.11. The van der Waals surface area contributed by atoms with E-state index in [1.807, 2.05) is 6.07 Å². The first-order valence-electron chi connectivity index (χ1n) is 9.44. The van der Waals surface area contributed by atoms with Crippen molar-refractivity contribution in [2.24, 2.45) is 20.5 Å². The van der Waals surface area contributed by atoms with Crippen molar-refractivity contribution in [1.82, 2.24) is 4.98 Å². The fraction of sp³-hybridized carbons (Fsp3) is 0.0952. The Bertz CT molecular complexity index is 1190. The van der Waals surface area contributed by atoms with Crippen molar-refractivity contribution in [3.05, 3.63) is 54.6 Å². The molecule has 160 valence electrons. The summed E-state index contributed by atoms with van der Waals surface area (Å²) in [5.74, 6) is -0.245. The van der Waals surface area contributed by atoms with Gasteiger partial charge in [0.1, 0.15) is 9.83 Å². The summed E-state index contributed by atoms with van der Waals surface area (Å²) in [4.78, 5) is 27.4. The van der Waals surface area contributed by atoms with Crippen LogP contribution in [0.3, 0.4) is 0 Å². The number of anilines is 2. The first-order chi connectivity index (χ1) is 15.4. The smallest absolute Gasteiger partial charge is 0.231 e. The summed E-state index contributed by atoms with van der Waals surface area (Å²) >= 11 is 2.84. The summed E-state index contributed by atoms with van der Waals surface area (Å²) in [5, 5.41) is 23.6. The lowest BCUT2D eigenvalue weighted by Gasteiger charge is -2.00. The van der Waals surface area contributed by atoms with Crippen LogP contribution in [0.4, 0.5) is 32.9 Å². The van der Waals surface area contributed by atoms with E-state index in [0.29, 0.717) is 27.9 Å². The van der Waals surface area contributed by atoms with E-state index in [9.17, 15) is 9.59 Å². The third kappa shape index (κ3) is 5.65. The van der Waals surface area contributed by atoms with Gasteiger partial charge in [0.05, 0.1) is 16.1 Å². The van der Waals surface area contributed by atoms with Crippen LogP contribution in [0.2, 0.25) is 0 Å². The van der Waals surface area contributed by atoms with Gasteiger partial charge in [-0.2, -0.15) is 0 Å². The molecule has 9 nitrogen and oxygen atoms in total. The van der Waals surface area contributed by atoms with Gasteiger partial charge in [-0.25, -0.2) is 4.98 Å². The number of aromatic nitrogens is 1. The number of hydrogen-bond donors (Lipinski definition) is 2. The maximum Gasteiger partial charge on any atom is 0.231 e. The van der Waals surface area contributed by atoms with Crippen LogP contribution < -0.4 is 10.6 Å². The third-order valence-corrected chi connectivity index (χ3v) is 5.88. The van der Waals surface area contributed by atoms with E-state index in [1.165, 1.54) is 36.5 Å². The molecule has 4 rings (SSSR count). The maximum atomic E-state index is 11.1. The molecule has 0 fully saturated rings. The number of amides is 2. The zero-order valence-electron chi connectivity index (χ0n) is 17.1. The van der Waals surface area contributed by atoms with Crippen LogP contribution in [-0.4, -0.2) is 16.8 Å². The van der Waals surface area contributed by atoms with Crippen LogP contribution in [0, 0.1) is 0 Å². The Balaban J connectivity index is 1.40. The topological polar surface area (TPSA) is 121 Å². The molecule has 0 atom stereocenters. The van der Waals surface area contributed by atoms with Gasteiger partial charge < -0.3 is 10.6 Å². The molecule has 11 heteroatoms. The number of benzene rings is 2. The summed E-state index contributed by atoms with van der Waals surface area (Å²) in [6, 6.07) is 16.1. The lowest BCUT2D eigenvalue weighted by Crippen LogP contribution is -2.04. The Morgan fingerprint density at radius 2 is 1.28 bits per heavy atom. The van der Waals surface area contributed by atoms with Gasteiger partial charge in [-0.1, -0.05) is 22.7 Å². The van der Waals surface area contributed by atoms with Crippen LogP contribution in [0.5, 0.6) is 0 Å². The second-order valence-corrected chi connectivity index (χ2v) is 8.62. The summed E-state index contributed by atoms with van der Waals surface area (Å²) in [5.41, 5.74) is 2.76. The summed E-state index contributed by atoms with van der Waals surface area (Å²) in [6.45, 7) is 2.92. The molecular formula is C21H17N7O2S2. The SMILES string of the molecule is CC(=O)Nc1ccc(N=Nc2cc3sc(N=Nc4ccc(NC(C)=O)cc4)nc3s2)cc1. The predicted molar refractivity (Wildman–Crippen MR) is 127 cm³/mol. The van der Waals surface area contributed by atoms with Crippen molar-refractivity contribution in [2.45, 2.75) is 13.8 Å². The first kappa shape index (κ1) is 21.4. The molecule has 2 heterocycles. The first-order valence-corrected chi connectivity index (χ1v) is 11.1. The Morgan fingerprint density at radius 1 is 0.750 bits per heavy atom. The van der Waals surface area contributed by atoms with Crippen LogP contribution in [0.25, 0.3) is 9.53 Å². The summed E-state index contributed by atoms with van der Waals surface area (Å²) in [7, 11) is 0. The van der Waals surface area contributed by atoms with Gasteiger partial charge in [-0.3, -0.25) is 9.59 Å². The number of thiazole rings is 1. The van der Waals surface area contributed by atoms with Crippen molar-refractivity contribution < 1.29 is 9.59 Å². The minimum absolute atomic E-state index is 0.121. The van der Waals surface area contributed by atoms with Gasteiger partial charge in [0, 0.05) is 25.2 Å². The number of hydrogen-bond acceptors (Lipinski definition) is 9. The molecule has 0 saturated carbocycles. The van der Waals surface area contributed by atoms with Crippen LogP contribution >= 0.6 is 22.7 Å². The normalized spacial score (nSPS) is 11.4. The molecule has 0 spiro atoms. The molecule has 0 unspecified atom stereocenters. The second-order valence-electron chi connectivity index (χ2n) is 6.61. The van der Waals surface area contributed by atoms with Gasteiger partial charge in [-0.15, -0.1) is 20.5 Å². The summed E-state index contributed by atoms with van der Waals surface area (Å²) in [6.07, 6.45) is 0. The quantitative estimate of drug-likeness (QED) is 0.296. The van der Waals surface area contributed by atoms with Gasteiger partial charge in [0.2, 0.25) is 16.9 Å². The molecule has 2 amide bonds. The monoisotopic (exact) mass is 463 g/mol. The molecule has 2 aromatic carbocycles. The highest BCUT2D eigenvalue weighted by molar-refractivity contribution is 7.30. The molecule has 0 aliphatic rings. The number of rotatable bonds is 6. The Hall–Kier alpha value is -3.83. The summed E-state index contributed by atoms with van der Waals surface area (Å²) < 4.78 is 0.958. The highest BCUT2D eigenvalue weighted by atomic mass is 32.1. The minimum atomic E-state index is -0.124. The molecule has 0 aliphatic heterocycles. The van der Waals surface area contributed by atoms with E-state index >= 15 is 0 Å². The largest absolute Gasteiger partial charge is 0.326 e. The molecule has 0 saturated heterocycles. The van der Waals surface area contributed by atoms with E-state index in [0.717, 1.165) is 14.5 Å². The zero-order valence-corrected chi connectivity index (χ0v) is 18.7. The van der Waals surface area contributed by atoms with Gasteiger partial charge in [0.15, 0.2) is 0 Å². The second kappa shape index (κ2) is 9.54. The van der Waals surface area contributed by atoms with E-state index in [4.69, 9.17) is 0 Å². The molecule has 2 aromatic heterocycles. The minimum Gasteiger partial charge on any atom is -0.326 e. The van der Waals surface area contributed by atoms with Crippen LogP contribution in [0.15, 0.2) is 75.1 Å². The van der Waals surface area contributed by atoms with Crippen molar-refractivity contribution in [3.8, 4) is 0 Å². The maximum absolute atomic E-state index is 11.1. The van der Waals surface area contributed by atoms with Gasteiger partial charge in [-0.05, 0) is 54.6 Å². The number of nitrogens with zero attached hydrogens (tertiary/aromatic N) is 5. The van der Waals surface area contributed by atoms with Crippen molar-refractivity contribution in [1.29, 1.82) is 0 Å². The number of nitrogens with one attached hydrogen (secondary N) is 2. The van der Waals surface area contributed by atoms with E-state index in [-0.39, 0.29) is 11.8 Å². The highest BCUT2D eigenvalue weighted by Crippen LogP contribution is 2.39. The van der Waals surface area contributed by atoms with Crippen molar-refractivity contribution >= 4 is 76.9 Å². The fourth-order valence-electron chi connectivity index (χ4n) is 2.64. The number of fused-ring (bicyclic) bond motifs is 1. The lowest BCUT2D eigenvalue weighted by molar-refractivity contribution is -0.115. The number of carbonyl (C=O) groups excluding carboxylic acids is 2. The van der Waals surface area contributed by atoms with Gasteiger partial charge in [0.25, 0.3) is 0 Å². The number of thiophene rings is 1. The standard InChI is InChI=1S/C21H17N7O2S2/c1-12(29)22-14-3-7-16(8-4-14)25-27-19-11-18-20(32-19)24-21(31-18)28-26-17-9-5-15(6-10-17)23-13(2)30/h3-11H,1-2H3,(H,22,29)(H,23,30). The molecular weight excluding hydrogens is 446 g/mol. The van der Waals surface area contributed by atoms with E-state index in [2.05, 4.69) is 36.1 Å². The molecule has 4 aromatic rings. The number of azo groups is 2. The molecule has 32 heavy (non-hydrogen) atoms. The molecule has 0 bridgehead atoms. The molecule has 2 N–H and O–H groups in total. The van der Waals surface area contributed by atoms with Crippen LogP contribution in [-0.2, 0) is 9.59 Å². The Morgan fingerprint density at radius 3 is 1.78 bits per heavy atom. The van der Waals surface area contributed by atoms with Crippen LogP contribution in [0.1, 0.15) is 13.8 Å². The Kier molecular flexibility index (Phi) is 6.38. The lowest BCUT2D eigenvalue weighted by atomic mass is 10.3. The van der Waals surface area contributed by atoms with Gasteiger partial charge >= 0.3 is 0 Å². The third-order valence-electron chi connectivity index (χ3n) is 3.96. The molecule has 0 radical (unpaired) electrons. The van der Waals surface area contributed by atoms with E-state index in [1.54, 1.807) is 48.5 Å². The van der Waals surface area contributed by atoms with E-state index < -0.39 is 0 Å². The van der Waals surface area contributed by atoms with Crippen molar-refractivity contribution in [2.75, 3.05) is 10.6 Å². The highest BCUT2D eigenvalue weighted by Gasteiger charge is 2.08. The number of carbonyl (C=O) groups is 2. The average molecular weight is 464 g/mol. The fourth-order valence-corrected chi connectivity index (χ4v) is 4.49. The average Bonchev–Trinajstić information content (AvgIpc) is 3.30. The molecule has 0 aliphatic carbocycles.